The second-order valence-electron chi connectivity index (χ2n) is 5.05. The van der Waals surface area contributed by atoms with Gasteiger partial charge >= 0.3 is 0 Å². The van der Waals surface area contributed by atoms with Gasteiger partial charge in [-0.1, -0.05) is 37.3 Å². The molecule has 2 aromatic rings. The minimum atomic E-state index is 0.151. The van der Waals surface area contributed by atoms with Gasteiger partial charge in [-0.25, -0.2) is 0 Å². The zero-order chi connectivity index (χ0) is 14.5. The Morgan fingerprint density at radius 2 is 1.70 bits per heavy atom. The average molecular weight is 268 g/mol. The van der Waals surface area contributed by atoms with Gasteiger partial charge in [-0.2, -0.15) is 0 Å². The third-order valence-electron chi connectivity index (χ3n) is 3.04. The molecule has 20 heavy (non-hydrogen) atoms. The van der Waals surface area contributed by atoms with Crippen molar-refractivity contribution in [1.29, 1.82) is 0 Å². The van der Waals surface area contributed by atoms with Crippen molar-refractivity contribution in [2.24, 2.45) is 0 Å². The second-order valence-corrected chi connectivity index (χ2v) is 5.05. The van der Waals surface area contributed by atoms with E-state index in [1.807, 2.05) is 69.3 Å². The number of carbonyl (C=O) groups is 1. The molecule has 0 fully saturated rings. The van der Waals surface area contributed by atoms with Gasteiger partial charge in [-0.3, -0.25) is 4.79 Å². The average Bonchev–Trinajstić information content (AvgIpc) is 2.46. The molecule has 0 heterocycles. The maximum atomic E-state index is 11.8. The predicted octanol–water partition coefficient (Wildman–Crippen LogP) is 4.73. The first kappa shape index (κ1) is 14.3. The van der Waals surface area contributed by atoms with Crippen LogP contribution in [0.3, 0.4) is 0 Å². The summed E-state index contributed by atoms with van der Waals surface area (Å²) in [5.41, 5.74) is 2.87. The Hall–Kier alpha value is -2.09. The molecule has 0 aliphatic rings. The van der Waals surface area contributed by atoms with Gasteiger partial charge in [-0.05, 0) is 43.2 Å². The summed E-state index contributed by atoms with van der Waals surface area (Å²) in [7, 11) is 0. The van der Waals surface area contributed by atoms with Crippen LogP contribution in [0.4, 0.5) is 0 Å². The largest absolute Gasteiger partial charge is 0.491 e. The first-order chi connectivity index (χ1) is 9.60. The summed E-state index contributed by atoms with van der Waals surface area (Å²) in [6, 6.07) is 15.7. The Labute approximate surface area is 120 Å². The molecule has 0 unspecified atom stereocenters. The third-order valence-corrected chi connectivity index (χ3v) is 3.04. The number of ketones is 1. The lowest BCUT2D eigenvalue weighted by atomic mass is 10.0. The summed E-state index contributed by atoms with van der Waals surface area (Å²) in [6.45, 7) is 5.90. The van der Waals surface area contributed by atoms with E-state index in [0.717, 1.165) is 22.4 Å². The van der Waals surface area contributed by atoms with Crippen molar-refractivity contribution in [1.82, 2.24) is 0 Å². The number of carbonyl (C=O) groups excluding carboxylic acids is 1. The summed E-state index contributed by atoms with van der Waals surface area (Å²) < 4.78 is 5.71. The standard InChI is InChI=1S/C18H20O2/c1-4-18(19)16-9-5-7-14(11-16)15-8-6-10-17(12-15)20-13(2)3/h5-13H,4H2,1-3H3. The van der Waals surface area contributed by atoms with E-state index in [1.165, 1.54) is 0 Å². The lowest BCUT2D eigenvalue weighted by molar-refractivity contribution is 0.0988. The molecular formula is C18H20O2. The number of hydrogen-bond acceptors (Lipinski definition) is 2. The molecular weight excluding hydrogens is 248 g/mol. The van der Waals surface area contributed by atoms with E-state index in [1.54, 1.807) is 0 Å². The van der Waals surface area contributed by atoms with E-state index in [-0.39, 0.29) is 11.9 Å². The number of ether oxygens (including phenoxy) is 1. The molecule has 2 rings (SSSR count). The van der Waals surface area contributed by atoms with Crippen LogP contribution in [0, 0.1) is 0 Å². The fraction of sp³-hybridized carbons (Fsp3) is 0.278. The molecule has 0 bridgehead atoms. The molecule has 2 nitrogen and oxygen atoms in total. The zero-order valence-electron chi connectivity index (χ0n) is 12.2. The lowest BCUT2D eigenvalue weighted by Gasteiger charge is -2.11. The van der Waals surface area contributed by atoms with Crippen LogP contribution in [-0.2, 0) is 0 Å². The highest BCUT2D eigenvalue weighted by atomic mass is 16.5. The molecule has 0 radical (unpaired) electrons. The van der Waals surface area contributed by atoms with E-state index in [0.29, 0.717) is 6.42 Å². The monoisotopic (exact) mass is 268 g/mol. The van der Waals surface area contributed by atoms with Crippen LogP contribution in [-0.4, -0.2) is 11.9 Å². The van der Waals surface area contributed by atoms with Gasteiger partial charge < -0.3 is 4.74 Å². The molecule has 2 aromatic carbocycles. The van der Waals surface area contributed by atoms with E-state index in [4.69, 9.17) is 4.74 Å². The van der Waals surface area contributed by atoms with Crippen LogP contribution >= 0.6 is 0 Å². The molecule has 0 amide bonds. The maximum absolute atomic E-state index is 11.8. The molecule has 0 aliphatic carbocycles. The summed E-state index contributed by atoms with van der Waals surface area (Å²) in [5.74, 6) is 1.02. The van der Waals surface area contributed by atoms with Crippen LogP contribution in [0.25, 0.3) is 11.1 Å². The van der Waals surface area contributed by atoms with Crippen molar-refractivity contribution in [3.8, 4) is 16.9 Å². The predicted molar refractivity (Wildman–Crippen MR) is 82.3 cm³/mol. The molecule has 0 spiro atoms. The highest BCUT2D eigenvalue weighted by Crippen LogP contribution is 2.25. The van der Waals surface area contributed by atoms with E-state index < -0.39 is 0 Å². The molecule has 0 saturated heterocycles. The van der Waals surface area contributed by atoms with Crippen molar-refractivity contribution in [3.05, 3.63) is 54.1 Å². The van der Waals surface area contributed by atoms with Gasteiger partial charge in [0.15, 0.2) is 5.78 Å². The van der Waals surface area contributed by atoms with Gasteiger partial charge in [0.1, 0.15) is 5.75 Å². The Kier molecular flexibility index (Phi) is 4.57. The van der Waals surface area contributed by atoms with Crippen molar-refractivity contribution in [2.75, 3.05) is 0 Å². The van der Waals surface area contributed by atoms with E-state index in [9.17, 15) is 4.79 Å². The summed E-state index contributed by atoms with van der Waals surface area (Å²) in [6.07, 6.45) is 0.679. The van der Waals surface area contributed by atoms with Gasteiger partial charge in [0.25, 0.3) is 0 Å². The minimum Gasteiger partial charge on any atom is -0.491 e. The molecule has 0 saturated carbocycles. The minimum absolute atomic E-state index is 0.151. The molecule has 0 aromatic heterocycles. The van der Waals surface area contributed by atoms with Gasteiger partial charge in [0, 0.05) is 12.0 Å². The number of rotatable bonds is 5. The highest BCUT2D eigenvalue weighted by Gasteiger charge is 2.06. The topological polar surface area (TPSA) is 26.3 Å². The SMILES string of the molecule is CCC(=O)c1cccc(-c2cccc(OC(C)C)c2)c1. The normalized spacial score (nSPS) is 10.6. The van der Waals surface area contributed by atoms with Crippen LogP contribution < -0.4 is 4.74 Å². The van der Waals surface area contributed by atoms with Crippen molar-refractivity contribution >= 4 is 5.78 Å². The molecule has 2 heteroatoms. The second kappa shape index (κ2) is 6.38. The highest BCUT2D eigenvalue weighted by molar-refractivity contribution is 5.97. The van der Waals surface area contributed by atoms with Crippen LogP contribution in [0.5, 0.6) is 5.75 Å². The van der Waals surface area contributed by atoms with Crippen molar-refractivity contribution in [2.45, 2.75) is 33.3 Å². The quantitative estimate of drug-likeness (QED) is 0.732. The van der Waals surface area contributed by atoms with Crippen LogP contribution in [0.2, 0.25) is 0 Å². The first-order valence-electron chi connectivity index (χ1n) is 7.00. The number of hydrogen-bond donors (Lipinski definition) is 0. The van der Waals surface area contributed by atoms with Crippen molar-refractivity contribution < 1.29 is 9.53 Å². The first-order valence-corrected chi connectivity index (χ1v) is 7.00. The zero-order valence-corrected chi connectivity index (χ0v) is 12.2. The lowest BCUT2D eigenvalue weighted by Crippen LogP contribution is -2.05. The fourth-order valence-corrected chi connectivity index (χ4v) is 2.10. The summed E-state index contributed by atoms with van der Waals surface area (Å²) in [4.78, 5) is 11.8. The molecule has 0 N–H and O–H groups in total. The van der Waals surface area contributed by atoms with Gasteiger partial charge in [0.2, 0.25) is 0 Å². The third kappa shape index (κ3) is 3.47. The fourth-order valence-electron chi connectivity index (χ4n) is 2.10. The molecule has 0 atom stereocenters. The van der Waals surface area contributed by atoms with Gasteiger partial charge in [0.05, 0.1) is 6.10 Å². The number of benzene rings is 2. The maximum Gasteiger partial charge on any atom is 0.162 e. The Bertz CT molecular complexity index is 600. The Morgan fingerprint density at radius 3 is 2.35 bits per heavy atom. The van der Waals surface area contributed by atoms with Gasteiger partial charge in [-0.15, -0.1) is 0 Å². The van der Waals surface area contributed by atoms with Crippen molar-refractivity contribution in [3.63, 3.8) is 0 Å². The molecule has 0 aliphatic heterocycles. The van der Waals surface area contributed by atoms with E-state index >= 15 is 0 Å². The van der Waals surface area contributed by atoms with Crippen LogP contribution in [0.15, 0.2) is 48.5 Å². The Morgan fingerprint density at radius 1 is 1.05 bits per heavy atom. The Balaban J connectivity index is 2.34. The number of Topliss-reactive ketones (excluding diaryl/α,β-unsaturated/α-hetero) is 1. The smallest absolute Gasteiger partial charge is 0.162 e. The van der Waals surface area contributed by atoms with E-state index in [2.05, 4.69) is 0 Å². The molecule has 104 valence electrons. The summed E-state index contributed by atoms with van der Waals surface area (Å²) >= 11 is 0. The summed E-state index contributed by atoms with van der Waals surface area (Å²) in [5, 5.41) is 0. The van der Waals surface area contributed by atoms with Crippen LogP contribution in [0.1, 0.15) is 37.6 Å².